The summed E-state index contributed by atoms with van der Waals surface area (Å²) in [6, 6.07) is 16.1. The summed E-state index contributed by atoms with van der Waals surface area (Å²) >= 11 is 6.18. The number of carbonyl (C=O) groups is 1. The maximum absolute atomic E-state index is 12.6. The Morgan fingerprint density at radius 1 is 1.15 bits per heavy atom. The fraction of sp³-hybridized carbons (Fsp3) is 0.364. The summed E-state index contributed by atoms with van der Waals surface area (Å²) < 4.78 is 2.24. The first kappa shape index (κ1) is 18.1. The van der Waals surface area contributed by atoms with E-state index in [9.17, 15) is 4.79 Å². The van der Waals surface area contributed by atoms with Gasteiger partial charge in [-0.1, -0.05) is 35.9 Å². The molecule has 4 nitrogen and oxygen atoms in total. The molecule has 140 valence electrons. The van der Waals surface area contributed by atoms with E-state index in [1.54, 1.807) is 0 Å². The summed E-state index contributed by atoms with van der Waals surface area (Å²) in [6.45, 7) is 7.66. The van der Waals surface area contributed by atoms with Crippen LogP contribution in [0, 0.1) is 0 Å². The molecule has 1 fully saturated rings. The number of likely N-dealkylation sites (tertiary alicyclic amines) is 1. The highest BCUT2D eigenvalue weighted by molar-refractivity contribution is 6.30. The molecule has 1 aromatic heterocycles. The molecule has 27 heavy (non-hydrogen) atoms. The molecule has 0 bridgehead atoms. The van der Waals surface area contributed by atoms with Crippen LogP contribution in [0.1, 0.15) is 44.5 Å². The van der Waals surface area contributed by atoms with Crippen LogP contribution in [0.15, 0.2) is 48.5 Å². The third-order valence-corrected chi connectivity index (χ3v) is 5.45. The lowest BCUT2D eigenvalue weighted by Gasteiger charge is -2.32. The third kappa shape index (κ3) is 3.46. The van der Waals surface area contributed by atoms with Gasteiger partial charge in [-0.2, -0.15) is 0 Å². The summed E-state index contributed by atoms with van der Waals surface area (Å²) in [4.78, 5) is 19.5. The fourth-order valence-corrected chi connectivity index (χ4v) is 4.13. The van der Waals surface area contributed by atoms with Crippen molar-refractivity contribution in [3.63, 3.8) is 0 Å². The molecule has 1 amide bonds. The van der Waals surface area contributed by atoms with Gasteiger partial charge in [0.15, 0.2) is 0 Å². The number of benzene rings is 2. The molecule has 4 rings (SSSR count). The van der Waals surface area contributed by atoms with E-state index in [-0.39, 0.29) is 17.4 Å². The van der Waals surface area contributed by atoms with E-state index in [0.717, 1.165) is 27.4 Å². The van der Waals surface area contributed by atoms with Gasteiger partial charge in [-0.15, -0.1) is 0 Å². The Labute approximate surface area is 164 Å². The normalized spacial score (nSPS) is 17.9. The van der Waals surface area contributed by atoms with Crippen LogP contribution in [0.3, 0.4) is 0 Å². The summed E-state index contributed by atoms with van der Waals surface area (Å²) in [5.41, 5.74) is 3.02. The largest absolute Gasteiger partial charge is 0.337 e. The van der Waals surface area contributed by atoms with Crippen molar-refractivity contribution in [3.8, 4) is 0 Å². The number of fused-ring (bicyclic) bond motifs is 1. The van der Waals surface area contributed by atoms with Gasteiger partial charge in [-0.25, -0.2) is 4.98 Å². The maximum atomic E-state index is 12.6. The van der Waals surface area contributed by atoms with Crippen LogP contribution in [0.25, 0.3) is 11.0 Å². The van der Waals surface area contributed by atoms with Crippen molar-refractivity contribution in [1.29, 1.82) is 0 Å². The van der Waals surface area contributed by atoms with Crippen molar-refractivity contribution in [3.05, 3.63) is 64.9 Å². The van der Waals surface area contributed by atoms with Gasteiger partial charge in [0.05, 0.1) is 11.0 Å². The Hall–Kier alpha value is -2.33. The molecule has 2 heterocycles. The van der Waals surface area contributed by atoms with Crippen LogP contribution >= 0.6 is 11.6 Å². The number of amides is 1. The molecule has 1 aliphatic heterocycles. The lowest BCUT2D eigenvalue weighted by atomic mass is 10.1. The SMILES string of the molecule is CC(C)(C)N1C[C@H](c2nc3ccccc3n2Cc2cccc(Cl)c2)CC1=O. The van der Waals surface area contributed by atoms with Gasteiger partial charge in [-0.3, -0.25) is 4.79 Å². The highest BCUT2D eigenvalue weighted by Crippen LogP contribution is 2.34. The minimum Gasteiger partial charge on any atom is -0.337 e. The Morgan fingerprint density at radius 2 is 1.93 bits per heavy atom. The molecule has 0 radical (unpaired) electrons. The standard InChI is InChI=1S/C22H24ClN3O/c1-22(2,3)26-14-16(12-20(26)27)21-24-18-9-4-5-10-19(18)25(21)13-15-7-6-8-17(23)11-15/h4-11,16H,12-14H2,1-3H3/t16-/m1/s1. The minimum absolute atomic E-state index is 0.100. The van der Waals surface area contributed by atoms with Crippen LogP contribution < -0.4 is 0 Å². The number of hydrogen-bond donors (Lipinski definition) is 0. The average molecular weight is 382 g/mol. The lowest BCUT2D eigenvalue weighted by molar-refractivity contribution is -0.131. The third-order valence-electron chi connectivity index (χ3n) is 5.21. The van der Waals surface area contributed by atoms with Crippen molar-refractivity contribution in [1.82, 2.24) is 14.5 Å². The first-order valence-corrected chi connectivity index (χ1v) is 9.71. The number of imidazole rings is 1. The second-order valence-corrected chi connectivity index (χ2v) is 8.69. The number of nitrogens with zero attached hydrogens (tertiary/aromatic N) is 3. The van der Waals surface area contributed by atoms with Crippen LogP contribution in [-0.4, -0.2) is 32.4 Å². The first-order valence-electron chi connectivity index (χ1n) is 9.33. The van der Waals surface area contributed by atoms with E-state index in [4.69, 9.17) is 16.6 Å². The van der Waals surface area contributed by atoms with Gasteiger partial charge in [0.1, 0.15) is 5.82 Å². The van der Waals surface area contributed by atoms with Crippen LogP contribution in [0.2, 0.25) is 5.02 Å². The van der Waals surface area contributed by atoms with Crippen molar-refractivity contribution in [2.24, 2.45) is 0 Å². The molecular weight excluding hydrogens is 358 g/mol. The number of carbonyl (C=O) groups excluding carboxylic acids is 1. The smallest absolute Gasteiger partial charge is 0.223 e. The van der Waals surface area contributed by atoms with E-state index in [0.29, 0.717) is 19.5 Å². The zero-order chi connectivity index (χ0) is 19.2. The molecule has 5 heteroatoms. The minimum atomic E-state index is -0.171. The molecule has 0 unspecified atom stereocenters. The van der Waals surface area contributed by atoms with Crippen molar-refractivity contribution in [2.75, 3.05) is 6.54 Å². The summed E-state index contributed by atoms with van der Waals surface area (Å²) in [5.74, 6) is 1.29. The number of rotatable bonds is 3. The van der Waals surface area contributed by atoms with Crippen LogP contribution in [-0.2, 0) is 11.3 Å². The van der Waals surface area contributed by atoms with Crippen LogP contribution in [0.4, 0.5) is 0 Å². The van der Waals surface area contributed by atoms with E-state index < -0.39 is 0 Å². The maximum Gasteiger partial charge on any atom is 0.223 e. The van der Waals surface area contributed by atoms with Crippen molar-refractivity contribution >= 4 is 28.5 Å². The molecule has 0 N–H and O–H groups in total. The van der Waals surface area contributed by atoms with Crippen molar-refractivity contribution in [2.45, 2.75) is 45.2 Å². The molecular formula is C22H24ClN3O. The fourth-order valence-electron chi connectivity index (χ4n) is 3.92. The molecule has 0 aliphatic carbocycles. The summed E-state index contributed by atoms with van der Waals surface area (Å²) in [6.07, 6.45) is 0.510. The van der Waals surface area contributed by atoms with Gasteiger partial charge in [-0.05, 0) is 50.6 Å². The van der Waals surface area contributed by atoms with Gasteiger partial charge in [0, 0.05) is 36.0 Å². The summed E-state index contributed by atoms with van der Waals surface area (Å²) in [5, 5.41) is 0.730. The highest BCUT2D eigenvalue weighted by Gasteiger charge is 2.38. The Morgan fingerprint density at radius 3 is 2.63 bits per heavy atom. The lowest BCUT2D eigenvalue weighted by Crippen LogP contribution is -2.42. The molecule has 1 atom stereocenters. The van der Waals surface area contributed by atoms with Gasteiger partial charge >= 0.3 is 0 Å². The van der Waals surface area contributed by atoms with E-state index in [1.165, 1.54) is 0 Å². The Balaban J connectivity index is 1.76. The first-order chi connectivity index (χ1) is 12.8. The quantitative estimate of drug-likeness (QED) is 0.650. The molecule has 3 aromatic rings. The van der Waals surface area contributed by atoms with E-state index in [2.05, 4.69) is 37.5 Å². The molecule has 1 aliphatic rings. The van der Waals surface area contributed by atoms with Crippen molar-refractivity contribution < 1.29 is 4.79 Å². The van der Waals surface area contributed by atoms with Crippen LogP contribution in [0.5, 0.6) is 0 Å². The molecule has 0 spiro atoms. The number of para-hydroxylation sites is 2. The van der Waals surface area contributed by atoms with Gasteiger partial charge < -0.3 is 9.47 Å². The van der Waals surface area contributed by atoms with Gasteiger partial charge in [0.2, 0.25) is 5.91 Å². The predicted octanol–water partition coefficient (Wildman–Crippen LogP) is 4.85. The highest BCUT2D eigenvalue weighted by atomic mass is 35.5. The second kappa shape index (κ2) is 6.68. The zero-order valence-electron chi connectivity index (χ0n) is 15.9. The van der Waals surface area contributed by atoms with E-state index in [1.807, 2.05) is 41.3 Å². The number of halogens is 1. The van der Waals surface area contributed by atoms with Gasteiger partial charge in [0.25, 0.3) is 0 Å². The summed E-state index contributed by atoms with van der Waals surface area (Å²) in [7, 11) is 0. The molecule has 2 aromatic carbocycles. The Bertz CT molecular complexity index is 1000. The number of aromatic nitrogens is 2. The Kier molecular flexibility index (Phi) is 4.47. The van der Waals surface area contributed by atoms with E-state index >= 15 is 0 Å². The zero-order valence-corrected chi connectivity index (χ0v) is 16.7. The predicted molar refractivity (Wildman–Crippen MR) is 109 cm³/mol. The second-order valence-electron chi connectivity index (χ2n) is 8.25. The molecule has 1 saturated heterocycles. The monoisotopic (exact) mass is 381 g/mol. The average Bonchev–Trinajstić information content (AvgIpc) is 3.16. The number of hydrogen-bond acceptors (Lipinski definition) is 2. The topological polar surface area (TPSA) is 38.1 Å². The molecule has 0 saturated carbocycles.